The van der Waals surface area contributed by atoms with Gasteiger partial charge in [-0.25, -0.2) is 0 Å². The van der Waals surface area contributed by atoms with Gasteiger partial charge in [-0.2, -0.15) is 5.26 Å². The maximum atomic E-state index is 8.77. The van der Waals surface area contributed by atoms with Gasteiger partial charge in [0.25, 0.3) is 0 Å². The zero-order valence-electron chi connectivity index (χ0n) is 10.1. The molecular formula is C13H13ClN4S. The predicted octanol–water partition coefficient (Wildman–Crippen LogP) is 2.85. The van der Waals surface area contributed by atoms with Gasteiger partial charge < -0.3 is 5.73 Å². The average molecular weight is 293 g/mol. The molecular weight excluding hydrogens is 280 g/mol. The van der Waals surface area contributed by atoms with Crippen LogP contribution in [-0.2, 0) is 12.2 Å². The van der Waals surface area contributed by atoms with Crippen molar-refractivity contribution in [3.05, 3.63) is 41.6 Å². The second kappa shape index (κ2) is 6.98. The molecule has 0 saturated heterocycles. The number of rotatable bonds is 3. The van der Waals surface area contributed by atoms with Gasteiger partial charge in [-0.3, -0.25) is 10.4 Å². The summed E-state index contributed by atoms with van der Waals surface area (Å²) in [6.07, 6.45) is 2.10. The molecule has 0 bridgehead atoms. The Kier molecular flexibility index (Phi) is 5.61. The summed E-state index contributed by atoms with van der Waals surface area (Å²) in [5, 5.41) is 17.2. The Morgan fingerprint density at radius 3 is 2.95 bits per heavy atom. The molecule has 98 valence electrons. The smallest absolute Gasteiger partial charge is 0.151 e. The summed E-state index contributed by atoms with van der Waals surface area (Å²) in [5.41, 5.74) is 8.25. The van der Waals surface area contributed by atoms with Gasteiger partial charge in [0.15, 0.2) is 5.17 Å². The minimum Gasteiger partial charge on any atom is -0.379 e. The third kappa shape index (κ3) is 3.85. The third-order valence-electron chi connectivity index (χ3n) is 2.53. The van der Waals surface area contributed by atoms with Crippen LogP contribution in [0.5, 0.6) is 0 Å². The molecule has 1 aromatic carbocycles. The van der Waals surface area contributed by atoms with Crippen LogP contribution in [0.25, 0.3) is 10.9 Å². The molecule has 2 aromatic rings. The molecule has 0 spiro atoms. The molecule has 2 rings (SSSR count). The molecule has 0 radical (unpaired) electrons. The lowest BCUT2D eigenvalue weighted by Gasteiger charge is -2.07. The van der Waals surface area contributed by atoms with Crippen LogP contribution in [0.15, 0.2) is 30.5 Å². The zero-order chi connectivity index (χ0) is 13.0. The number of benzene rings is 1. The van der Waals surface area contributed by atoms with E-state index >= 15 is 0 Å². The number of amidine groups is 1. The number of hydrogen-bond acceptors (Lipinski definition) is 4. The monoisotopic (exact) mass is 292 g/mol. The second-order valence-electron chi connectivity index (χ2n) is 3.81. The first-order chi connectivity index (χ1) is 8.70. The molecule has 6 heteroatoms. The quantitative estimate of drug-likeness (QED) is 0.673. The van der Waals surface area contributed by atoms with Gasteiger partial charge in [-0.05, 0) is 23.3 Å². The van der Waals surface area contributed by atoms with Crippen LogP contribution in [0.4, 0.5) is 0 Å². The van der Waals surface area contributed by atoms with E-state index in [9.17, 15) is 0 Å². The number of fused-ring (bicyclic) bond motifs is 1. The fraction of sp³-hybridized carbons (Fsp3) is 0.154. The van der Waals surface area contributed by atoms with Crippen molar-refractivity contribution in [2.75, 3.05) is 0 Å². The maximum absolute atomic E-state index is 8.77. The first-order valence-electron chi connectivity index (χ1n) is 5.41. The minimum atomic E-state index is 0. The van der Waals surface area contributed by atoms with E-state index in [2.05, 4.69) is 11.1 Å². The maximum Gasteiger partial charge on any atom is 0.151 e. The van der Waals surface area contributed by atoms with E-state index in [0.717, 1.165) is 22.0 Å². The molecule has 1 aromatic heterocycles. The van der Waals surface area contributed by atoms with E-state index in [0.29, 0.717) is 12.2 Å². The Bertz CT molecular complexity index is 636. The van der Waals surface area contributed by atoms with Gasteiger partial charge in [-0.15, -0.1) is 12.4 Å². The average Bonchev–Trinajstić information content (AvgIpc) is 2.36. The second-order valence-corrected chi connectivity index (χ2v) is 4.83. The van der Waals surface area contributed by atoms with Gasteiger partial charge >= 0.3 is 0 Å². The molecule has 0 amide bonds. The van der Waals surface area contributed by atoms with Gasteiger partial charge in [0.1, 0.15) is 0 Å². The summed E-state index contributed by atoms with van der Waals surface area (Å²) in [7, 11) is 0. The molecule has 0 aliphatic carbocycles. The topological polar surface area (TPSA) is 86.5 Å². The first-order valence-corrected chi connectivity index (χ1v) is 6.39. The SMILES string of the molecule is Cl.N#CCc1cc(CSC(=N)N)c2cccnc2c1. The Morgan fingerprint density at radius 2 is 2.26 bits per heavy atom. The lowest BCUT2D eigenvalue weighted by atomic mass is 10.0. The molecule has 0 atom stereocenters. The van der Waals surface area contributed by atoms with Crippen molar-refractivity contribution in [2.24, 2.45) is 5.73 Å². The van der Waals surface area contributed by atoms with Crippen molar-refractivity contribution >= 4 is 40.2 Å². The van der Waals surface area contributed by atoms with E-state index in [1.807, 2.05) is 24.3 Å². The summed E-state index contributed by atoms with van der Waals surface area (Å²) < 4.78 is 0. The van der Waals surface area contributed by atoms with Gasteiger partial charge in [0, 0.05) is 17.3 Å². The fourth-order valence-electron chi connectivity index (χ4n) is 1.79. The highest BCUT2D eigenvalue weighted by molar-refractivity contribution is 8.13. The molecule has 0 fully saturated rings. The summed E-state index contributed by atoms with van der Waals surface area (Å²) in [4.78, 5) is 4.31. The zero-order valence-corrected chi connectivity index (χ0v) is 11.7. The molecule has 1 heterocycles. The van der Waals surface area contributed by atoms with Crippen molar-refractivity contribution in [2.45, 2.75) is 12.2 Å². The number of thioether (sulfide) groups is 1. The van der Waals surface area contributed by atoms with Crippen molar-refractivity contribution in [1.29, 1.82) is 10.7 Å². The summed E-state index contributed by atoms with van der Waals surface area (Å²) >= 11 is 1.28. The number of nitrogens with two attached hydrogens (primary N) is 1. The van der Waals surface area contributed by atoms with Gasteiger partial charge in [-0.1, -0.05) is 23.9 Å². The van der Waals surface area contributed by atoms with Crippen LogP contribution in [0.3, 0.4) is 0 Å². The van der Waals surface area contributed by atoms with E-state index in [1.54, 1.807) is 6.20 Å². The number of pyridine rings is 1. The van der Waals surface area contributed by atoms with Crippen LogP contribution in [0, 0.1) is 16.7 Å². The van der Waals surface area contributed by atoms with E-state index < -0.39 is 0 Å². The molecule has 19 heavy (non-hydrogen) atoms. The van der Waals surface area contributed by atoms with Gasteiger partial charge in [0.05, 0.1) is 18.0 Å². The Balaban J connectivity index is 0.00000180. The molecule has 0 saturated carbocycles. The Labute approximate surface area is 121 Å². The van der Waals surface area contributed by atoms with Crippen LogP contribution >= 0.6 is 24.2 Å². The van der Waals surface area contributed by atoms with Crippen molar-refractivity contribution in [1.82, 2.24) is 4.98 Å². The highest BCUT2D eigenvalue weighted by Gasteiger charge is 2.06. The van der Waals surface area contributed by atoms with E-state index in [-0.39, 0.29) is 17.6 Å². The van der Waals surface area contributed by atoms with Crippen molar-refractivity contribution < 1.29 is 0 Å². The highest BCUT2D eigenvalue weighted by Crippen LogP contribution is 2.23. The van der Waals surface area contributed by atoms with Crippen molar-refractivity contribution in [3.8, 4) is 6.07 Å². The number of aromatic nitrogens is 1. The number of halogens is 1. The van der Waals surface area contributed by atoms with E-state index in [4.69, 9.17) is 16.4 Å². The highest BCUT2D eigenvalue weighted by atomic mass is 35.5. The Hall–Kier alpha value is -1.77. The number of nitriles is 1. The van der Waals surface area contributed by atoms with Crippen LogP contribution in [0.2, 0.25) is 0 Å². The third-order valence-corrected chi connectivity index (χ3v) is 3.30. The number of nitrogens with zero attached hydrogens (tertiary/aromatic N) is 2. The van der Waals surface area contributed by atoms with Crippen LogP contribution < -0.4 is 5.73 Å². The number of nitrogens with one attached hydrogen (secondary N) is 1. The van der Waals surface area contributed by atoms with Crippen LogP contribution in [0.1, 0.15) is 11.1 Å². The fourth-order valence-corrected chi connectivity index (χ4v) is 2.34. The summed E-state index contributed by atoms with van der Waals surface area (Å²) in [6.45, 7) is 0. The molecule has 3 N–H and O–H groups in total. The van der Waals surface area contributed by atoms with E-state index in [1.165, 1.54) is 11.8 Å². The largest absolute Gasteiger partial charge is 0.379 e. The molecule has 0 aliphatic rings. The lowest BCUT2D eigenvalue weighted by molar-refractivity contribution is 1.24. The molecule has 0 unspecified atom stereocenters. The Morgan fingerprint density at radius 1 is 1.47 bits per heavy atom. The number of hydrogen-bond donors (Lipinski definition) is 2. The molecule has 0 aliphatic heterocycles. The standard InChI is InChI=1S/C13H12N4S.ClH/c14-4-3-9-6-10(8-18-13(15)16)11-2-1-5-17-12(11)7-9;/h1-2,5-7H,3,8H2,(H3,15,16);1H. The summed E-state index contributed by atoms with van der Waals surface area (Å²) in [6, 6.07) is 9.94. The summed E-state index contributed by atoms with van der Waals surface area (Å²) in [5.74, 6) is 0.622. The minimum absolute atomic E-state index is 0. The van der Waals surface area contributed by atoms with Crippen molar-refractivity contribution in [3.63, 3.8) is 0 Å². The predicted molar refractivity (Wildman–Crippen MR) is 81.5 cm³/mol. The van der Waals surface area contributed by atoms with Gasteiger partial charge in [0.2, 0.25) is 0 Å². The lowest BCUT2D eigenvalue weighted by Crippen LogP contribution is -2.04. The normalized spacial score (nSPS) is 9.63. The van der Waals surface area contributed by atoms with Crippen LogP contribution in [-0.4, -0.2) is 10.2 Å². The first kappa shape index (κ1) is 15.3. The molecule has 4 nitrogen and oxygen atoms in total.